The Morgan fingerprint density at radius 2 is 1.92 bits per heavy atom. The first-order valence-corrected chi connectivity index (χ1v) is 12.6. The van der Waals surface area contributed by atoms with Gasteiger partial charge in [-0.05, 0) is 51.8 Å². The predicted molar refractivity (Wildman–Crippen MR) is 142 cm³/mol. The fourth-order valence-electron chi connectivity index (χ4n) is 4.43. The van der Waals surface area contributed by atoms with Crippen molar-refractivity contribution in [2.24, 2.45) is 0 Å². The molecule has 0 radical (unpaired) electrons. The second-order valence-corrected chi connectivity index (χ2v) is 10.2. The number of nitrogens with one attached hydrogen (secondary N) is 1. The molecule has 2 unspecified atom stereocenters. The highest BCUT2D eigenvalue weighted by atomic mass is 19.1. The Labute approximate surface area is 220 Å². The predicted octanol–water partition coefficient (Wildman–Crippen LogP) is 6.54. The van der Waals surface area contributed by atoms with E-state index in [1.165, 1.54) is 12.4 Å². The van der Waals surface area contributed by atoms with Gasteiger partial charge in [-0.15, -0.1) is 0 Å². The van der Waals surface area contributed by atoms with Gasteiger partial charge in [-0.25, -0.2) is 24.1 Å². The van der Waals surface area contributed by atoms with Gasteiger partial charge in [0.1, 0.15) is 40.9 Å². The molecule has 4 aromatic rings. The first kappa shape index (κ1) is 25.4. The highest BCUT2D eigenvalue weighted by Gasteiger charge is 2.32. The molecular weight excluding hydrogens is 485 g/mol. The number of aromatic amines is 1. The van der Waals surface area contributed by atoms with Crippen molar-refractivity contribution < 1.29 is 18.7 Å². The maximum Gasteiger partial charge on any atom is 0.411 e. The third kappa shape index (κ3) is 5.37. The Hall–Kier alpha value is -4.27. The van der Waals surface area contributed by atoms with Crippen molar-refractivity contribution in [3.8, 4) is 17.1 Å². The van der Waals surface area contributed by atoms with E-state index in [1.807, 2.05) is 70.2 Å². The molecule has 1 aliphatic heterocycles. The number of hydrogen-bond acceptors (Lipinski definition) is 6. The zero-order valence-electron chi connectivity index (χ0n) is 21.8. The second kappa shape index (κ2) is 10.2. The van der Waals surface area contributed by atoms with E-state index in [9.17, 15) is 4.79 Å². The van der Waals surface area contributed by atoms with E-state index in [2.05, 4.69) is 19.9 Å². The van der Waals surface area contributed by atoms with Gasteiger partial charge in [-0.2, -0.15) is 0 Å². The summed E-state index contributed by atoms with van der Waals surface area (Å²) in [6.45, 7) is 7.80. The van der Waals surface area contributed by atoms with Crippen LogP contribution in [0.2, 0.25) is 0 Å². The van der Waals surface area contributed by atoms with Gasteiger partial charge in [0.2, 0.25) is 0 Å². The number of benzene rings is 2. The third-order valence-electron chi connectivity index (χ3n) is 6.24. The highest BCUT2D eigenvalue weighted by Crippen LogP contribution is 2.33. The van der Waals surface area contributed by atoms with Crippen LogP contribution in [0.15, 0.2) is 67.0 Å². The Morgan fingerprint density at radius 1 is 1.13 bits per heavy atom. The number of rotatable bonds is 5. The van der Waals surface area contributed by atoms with Crippen molar-refractivity contribution in [1.82, 2.24) is 24.8 Å². The molecule has 5 rings (SSSR count). The summed E-state index contributed by atoms with van der Waals surface area (Å²) in [6.07, 6.45) is 5.24. The second-order valence-electron chi connectivity index (χ2n) is 10.2. The first-order chi connectivity index (χ1) is 18.2. The molecule has 38 heavy (non-hydrogen) atoms. The van der Waals surface area contributed by atoms with Crippen LogP contribution in [0.1, 0.15) is 57.5 Å². The smallest absolute Gasteiger partial charge is 0.411 e. The molecule has 0 spiro atoms. The lowest BCUT2D eigenvalue weighted by Crippen LogP contribution is -2.41. The van der Waals surface area contributed by atoms with E-state index >= 15 is 4.39 Å². The van der Waals surface area contributed by atoms with E-state index in [0.717, 1.165) is 5.56 Å². The fourth-order valence-corrected chi connectivity index (χ4v) is 4.43. The van der Waals surface area contributed by atoms with Crippen LogP contribution in [0.3, 0.4) is 0 Å². The maximum absolute atomic E-state index is 15.2. The zero-order chi connectivity index (χ0) is 26.9. The van der Waals surface area contributed by atoms with E-state index < -0.39 is 17.5 Å². The van der Waals surface area contributed by atoms with E-state index in [1.54, 1.807) is 17.0 Å². The topological polar surface area (TPSA) is 93.2 Å². The van der Waals surface area contributed by atoms with Gasteiger partial charge in [-0.1, -0.05) is 42.5 Å². The molecule has 8 nitrogen and oxygen atoms in total. The summed E-state index contributed by atoms with van der Waals surface area (Å²) in [5.41, 5.74) is 2.19. The number of fused-ring (bicyclic) bond motifs is 1. The number of hydrogen-bond donors (Lipinski definition) is 1. The molecule has 1 N–H and O–H groups in total. The van der Waals surface area contributed by atoms with Crippen molar-refractivity contribution in [2.45, 2.75) is 51.9 Å². The molecule has 2 aromatic heterocycles. The number of H-pyrrole nitrogens is 1. The average molecular weight is 516 g/mol. The van der Waals surface area contributed by atoms with E-state index in [0.29, 0.717) is 41.4 Å². The SMILES string of the molecule is CC(Oc1ccc(-c2nc3ncnc(C4CC=CCN4C(=O)OC(C)(C)C)c3[nH]2)c(F)c1)c1ccccc1. The van der Waals surface area contributed by atoms with Crippen LogP contribution in [0.4, 0.5) is 9.18 Å². The first-order valence-electron chi connectivity index (χ1n) is 12.6. The van der Waals surface area contributed by atoms with Crippen molar-refractivity contribution in [3.05, 3.63) is 84.1 Å². The molecule has 1 amide bonds. The number of amides is 1. The summed E-state index contributed by atoms with van der Waals surface area (Å²) < 4.78 is 26.8. The number of imidazole rings is 1. The van der Waals surface area contributed by atoms with Crippen LogP contribution >= 0.6 is 0 Å². The van der Waals surface area contributed by atoms with Crippen molar-refractivity contribution >= 4 is 17.3 Å². The minimum Gasteiger partial charge on any atom is -0.486 e. The van der Waals surface area contributed by atoms with Crippen LogP contribution in [0, 0.1) is 5.82 Å². The fraction of sp³-hybridized carbons (Fsp3) is 0.310. The number of carbonyl (C=O) groups is 1. The third-order valence-corrected chi connectivity index (χ3v) is 6.24. The molecule has 3 heterocycles. The van der Waals surface area contributed by atoms with Crippen LogP contribution in [0.25, 0.3) is 22.6 Å². The minimum atomic E-state index is -0.628. The Kier molecular flexibility index (Phi) is 6.84. The summed E-state index contributed by atoms with van der Waals surface area (Å²) in [5.74, 6) is 0.255. The quantitative estimate of drug-likeness (QED) is 0.304. The van der Waals surface area contributed by atoms with Crippen molar-refractivity contribution in [1.29, 1.82) is 0 Å². The molecular formula is C29H30FN5O3. The Balaban J connectivity index is 1.43. The van der Waals surface area contributed by atoms with Gasteiger partial charge in [0, 0.05) is 12.6 Å². The summed E-state index contributed by atoms with van der Waals surface area (Å²) in [5, 5.41) is 0. The summed E-state index contributed by atoms with van der Waals surface area (Å²) >= 11 is 0. The van der Waals surface area contributed by atoms with Gasteiger partial charge in [-0.3, -0.25) is 4.90 Å². The van der Waals surface area contributed by atoms with Gasteiger partial charge in [0.25, 0.3) is 0 Å². The summed E-state index contributed by atoms with van der Waals surface area (Å²) in [7, 11) is 0. The maximum atomic E-state index is 15.2. The van der Waals surface area contributed by atoms with Crippen LogP contribution in [-0.2, 0) is 4.74 Å². The zero-order valence-corrected chi connectivity index (χ0v) is 21.8. The number of nitrogens with zero attached hydrogens (tertiary/aromatic N) is 4. The Bertz CT molecular complexity index is 1480. The summed E-state index contributed by atoms with van der Waals surface area (Å²) in [6, 6.07) is 14.1. The molecule has 9 heteroatoms. The number of aromatic nitrogens is 4. The lowest BCUT2D eigenvalue weighted by Gasteiger charge is -2.34. The highest BCUT2D eigenvalue weighted by molar-refractivity contribution is 5.79. The number of ether oxygens (including phenoxy) is 2. The number of carbonyl (C=O) groups excluding carboxylic acids is 1. The molecule has 0 fully saturated rings. The number of halogens is 1. The van der Waals surface area contributed by atoms with Crippen molar-refractivity contribution in [2.75, 3.05) is 6.54 Å². The lowest BCUT2D eigenvalue weighted by atomic mass is 10.0. The largest absolute Gasteiger partial charge is 0.486 e. The normalized spacial score (nSPS) is 16.4. The van der Waals surface area contributed by atoms with Crippen LogP contribution in [-0.4, -0.2) is 43.1 Å². The van der Waals surface area contributed by atoms with E-state index in [-0.39, 0.29) is 17.7 Å². The van der Waals surface area contributed by atoms with Crippen LogP contribution < -0.4 is 4.74 Å². The average Bonchev–Trinajstić information content (AvgIpc) is 3.32. The van der Waals surface area contributed by atoms with Crippen molar-refractivity contribution in [3.63, 3.8) is 0 Å². The monoisotopic (exact) mass is 515 g/mol. The standard InChI is InChI=1S/C29H30FN5O3/c1-18(19-10-6-5-7-11-19)37-20-13-14-21(22(30)16-20)26-33-25-24(31-17-32-27(25)34-26)23-12-8-9-15-35(23)28(36)38-29(2,3)4/h5-11,13-14,16-18,23H,12,15H2,1-4H3,(H,31,32,33,34). The molecule has 1 aliphatic rings. The Morgan fingerprint density at radius 3 is 2.66 bits per heavy atom. The molecule has 0 saturated heterocycles. The van der Waals surface area contributed by atoms with E-state index in [4.69, 9.17) is 9.47 Å². The molecule has 2 atom stereocenters. The van der Waals surface area contributed by atoms with Gasteiger partial charge in [0.05, 0.1) is 17.3 Å². The molecule has 2 aromatic carbocycles. The molecule has 196 valence electrons. The minimum absolute atomic E-state index is 0.233. The van der Waals surface area contributed by atoms with Gasteiger partial charge < -0.3 is 14.5 Å². The van der Waals surface area contributed by atoms with Gasteiger partial charge >= 0.3 is 6.09 Å². The molecule has 0 bridgehead atoms. The summed E-state index contributed by atoms with van der Waals surface area (Å²) in [4.78, 5) is 31.1. The lowest BCUT2D eigenvalue weighted by molar-refractivity contribution is 0.0173. The molecule has 0 saturated carbocycles. The molecule has 0 aliphatic carbocycles. The van der Waals surface area contributed by atoms with Crippen LogP contribution in [0.5, 0.6) is 5.75 Å². The van der Waals surface area contributed by atoms with Gasteiger partial charge in [0.15, 0.2) is 5.65 Å².